The largest absolute Gasteiger partial charge is 0.417 e. The predicted octanol–water partition coefficient (Wildman–Crippen LogP) is 5.02. The quantitative estimate of drug-likeness (QED) is 0.799. The molecule has 0 aliphatic heterocycles. The van der Waals surface area contributed by atoms with Crippen LogP contribution in [0.5, 0.6) is 0 Å². The Bertz CT molecular complexity index is 689. The first-order chi connectivity index (χ1) is 10.8. The molecule has 0 fully saturated rings. The molecule has 2 aromatic rings. The first-order valence-electron chi connectivity index (χ1n) is 7.03. The third-order valence-electron chi connectivity index (χ3n) is 2.94. The van der Waals surface area contributed by atoms with E-state index in [-0.39, 0.29) is 16.7 Å². The van der Waals surface area contributed by atoms with Crippen LogP contribution < -0.4 is 10.6 Å². The third-order valence-corrected chi connectivity index (χ3v) is 3.27. The van der Waals surface area contributed by atoms with Crippen molar-refractivity contribution in [2.24, 2.45) is 0 Å². The summed E-state index contributed by atoms with van der Waals surface area (Å²) in [6.07, 6.45) is -3.59. The van der Waals surface area contributed by atoms with Gasteiger partial charge in [0.25, 0.3) is 0 Å². The molecule has 0 radical (unpaired) electrons. The van der Waals surface area contributed by atoms with Crippen LogP contribution in [0, 0.1) is 6.92 Å². The van der Waals surface area contributed by atoms with Crippen LogP contribution in [-0.4, -0.2) is 16.5 Å². The van der Waals surface area contributed by atoms with Crippen molar-refractivity contribution < 1.29 is 13.2 Å². The summed E-state index contributed by atoms with van der Waals surface area (Å²) < 4.78 is 38.6. The van der Waals surface area contributed by atoms with E-state index in [0.717, 1.165) is 19.0 Å². The minimum absolute atomic E-state index is 0.216. The lowest BCUT2D eigenvalue weighted by Gasteiger charge is -2.13. The van der Waals surface area contributed by atoms with Gasteiger partial charge in [-0.25, -0.2) is 4.98 Å². The van der Waals surface area contributed by atoms with Crippen molar-refractivity contribution in [2.45, 2.75) is 26.4 Å². The first-order valence-corrected chi connectivity index (χ1v) is 7.40. The third kappa shape index (κ3) is 4.72. The van der Waals surface area contributed by atoms with E-state index >= 15 is 0 Å². The van der Waals surface area contributed by atoms with Crippen molar-refractivity contribution in [3.05, 3.63) is 40.5 Å². The molecule has 0 bridgehead atoms. The molecule has 124 valence electrons. The van der Waals surface area contributed by atoms with Gasteiger partial charge in [0.15, 0.2) is 0 Å². The standard InChI is InChI=1S/C15H16ClF3N4/c1-3-6-20-13-7-9(2)21-14(23-13)22-10-4-5-12(16)11(8-10)15(17,18)19/h4-5,7-8H,3,6H2,1-2H3,(H2,20,21,22,23). The first kappa shape index (κ1) is 17.3. The molecule has 0 unspecified atom stereocenters. The molecule has 0 atom stereocenters. The van der Waals surface area contributed by atoms with E-state index < -0.39 is 11.7 Å². The topological polar surface area (TPSA) is 49.8 Å². The maximum absolute atomic E-state index is 12.9. The van der Waals surface area contributed by atoms with Crippen LogP contribution in [0.3, 0.4) is 0 Å². The summed E-state index contributed by atoms with van der Waals surface area (Å²) in [5.41, 5.74) is 0.0148. The van der Waals surface area contributed by atoms with E-state index in [2.05, 4.69) is 20.6 Å². The number of alkyl halides is 3. The smallest absolute Gasteiger partial charge is 0.370 e. The summed E-state index contributed by atoms with van der Waals surface area (Å²) in [6.45, 7) is 4.55. The van der Waals surface area contributed by atoms with E-state index in [4.69, 9.17) is 11.6 Å². The van der Waals surface area contributed by atoms with Crippen LogP contribution >= 0.6 is 11.6 Å². The molecule has 1 heterocycles. The van der Waals surface area contributed by atoms with E-state index in [1.165, 1.54) is 12.1 Å². The maximum Gasteiger partial charge on any atom is 0.417 e. The monoisotopic (exact) mass is 344 g/mol. The fourth-order valence-corrected chi connectivity index (χ4v) is 2.14. The average molecular weight is 345 g/mol. The van der Waals surface area contributed by atoms with Crippen molar-refractivity contribution in [2.75, 3.05) is 17.2 Å². The highest BCUT2D eigenvalue weighted by Gasteiger charge is 2.33. The lowest BCUT2D eigenvalue weighted by molar-refractivity contribution is -0.137. The van der Waals surface area contributed by atoms with Crippen molar-refractivity contribution in [1.82, 2.24) is 9.97 Å². The molecule has 0 saturated heterocycles. The molecule has 0 spiro atoms. The Kier molecular flexibility index (Phi) is 5.30. The second-order valence-corrected chi connectivity index (χ2v) is 5.37. The van der Waals surface area contributed by atoms with Crippen LogP contribution in [0.4, 0.5) is 30.6 Å². The molecule has 2 rings (SSSR count). The average Bonchev–Trinajstić information content (AvgIpc) is 2.45. The second-order valence-electron chi connectivity index (χ2n) is 4.96. The molecule has 0 saturated carbocycles. The van der Waals surface area contributed by atoms with Gasteiger partial charge in [-0.1, -0.05) is 18.5 Å². The Hall–Kier alpha value is -2.02. The van der Waals surface area contributed by atoms with Crippen molar-refractivity contribution in [3.63, 3.8) is 0 Å². The van der Waals surface area contributed by atoms with Gasteiger partial charge >= 0.3 is 6.18 Å². The Morgan fingerprint density at radius 2 is 1.91 bits per heavy atom. The summed E-state index contributed by atoms with van der Waals surface area (Å²) in [5, 5.41) is 5.55. The number of aromatic nitrogens is 2. The zero-order chi connectivity index (χ0) is 17.0. The number of nitrogens with zero attached hydrogens (tertiary/aromatic N) is 2. The van der Waals surface area contributed by atoms with E-state index in [9.17, 15) is 13.2 Å². The Morgan fingerprint density at radius 3 is 2.57 bits per heavy atom. The van der Waals surface area contributed by atoms with E-state index in [1.54, 1.807) is 13.0 Å². The zero-order valence-electron chi connectivity index (χ0n) is 12.6. The van der Waals surface area contributed by atoms with Gasteiger partial charge in [0.1, 0.15) is 5.82 Å². The molecule has 23 heavy (non-hydrogen) atoms. The number of halogens is 4. The summed E-state index contributed by atoms with van der Waals surface area (Å²) in [5.74, 6) is 0.839. The van der Waals surface area contributed by atoms with Crippen molar-refractivity contribution in [1.29, 1.82) is 0 Å². The van der Waals surface area contributed by atoms with Gasteiger partial charge < -0.3 is 10.6 Å². The Balaban J connectivity index is 2.27. The van der Waals surface area contributed by atoms with Gasteiger partial charge in [0, 0.05) is 24.0 Å². The van der Waals surface area contributed by atoms with Gasteiger partial charge in [0.2, 0.25) is 5.95 Å². The molecule has 0 aliphatic carbocycles. The highest BCUT2D eigenvalue weighted by atomic mass is 35.5. The molecule has 1 aromatic carbocycles. The number of hydrogen-bond acceptors (Lipinski definition) is 4. The second kappa shape index (κ2) is 7.04. The molecule has 8 heteroatoms. The fraction of sp³-hybridized carbons (Fsp3) is 0.333. The van der Waals surface area contributed by atoms with Crippen LogP contribution in [-0.2, 0) is 6.18 Å². The van der Waals surface area contributed by atoms with Gasteiger partial charge in [-0.05, 0) is 31.5 Å². The molecule has 4 nitrogen and oxygen atoms in total. The van der Waals surface area contributed by atoms with Crippen molar-refractivity contribution >= 4 is 29.1 Å². The van der Waals surface area contributed by atoms with Gasteiger partial charge in [-0.15, -0.1) is 0 Å². The van der Waals surface area contributed by atoms with Crippen LogP contribution in [0.25, 0.3) is 0 Å². The molecular weight excluding hydrogens is 329 g/mol. The number of rotatable bonds is 5. The SMILES string of the molecule is CCCNc1cc(C)nc(Nc2ccc(Cl)c(C(F)(F)F)c2)n1. The predicted molar refractivity (Wildman–Crippen MR) is 85.3 cm³/mol. The summed E-state index contributed by atoms with van der Waals surface area (Å²) in [7, 11) is 0. The fourth-order valence-electron chi connectivity index (χ4n) is 1.92. The van der Waals surface area contributed by atoms with Gasteiger partial charge in [-0.3, -0.25) is 0 Å². The van der Waals surface area contributed by atoms with E-state index in [1.807, 2.05) is 6.92 Å². The molecule has 2 N–H and O–H groups in total. The van der Waals surface area contributed by atoms with Gasteiger partial charge in [0.05, 0.1) is 10.6 Å². The summed E-state index contributed by atoms with van der Waals surface area (Å²) >= 11 is 5.60. The molecule has 0 amide bonds. The lowest BCUT2D eigenvalue weighted by Crippen LogP contribution is -2.08. The number of aryl methyl sites for hydroxylation is 1. The maximum atomic E-state index is 12.9. The number of anilines is 3. The van der Waals surface area contributed by atoms with Gasteiger partial charge in [-0.2, -0.15) is 18.2 Å². The van der Waals surface area contributed by atoms with Crippen LogP contribution in [0.15, 0.2) is 24.3 Å². The molecule has 1 aromatic heterocycles. The highest BCUT2D eigenvalue weighted by molar-refractivity contribution is 6.31. The number of nitrogens with one attached hydrogen (secondary N) is 2. The summed E-state index contributed by atoms with van der Waals surface area (Å²) in [6, 6.07) is 5.35. The summed E-state index contributed by atoms with van der Waals surface area (Å²) in [4.78, 5) is 8.41. The zero-order valence-corrected chi connectivity index (χ0v) is 13.4. The van der Waals surface area contributed by atoms with Crippen LogP contribution in [0.2, 0.25) is 5.02 Å². The lowest BCUT2D eigenvalue weighted by atomic mass is 10.2. The van der Waals surface area contributed by atoms with Crippen molar-refractivity contribution in [3.8, 4) is 0 Å². The minimum atomic E-state index is -4.52. The number of hydrogen-bond donors (Lipinski definition) is 2. The number of benzene rings is 1. The Morgan fingerprint density at radius 1 is 1.17 bits per heavy atom. The van der Waals surface area contributed by atoms with E-state index in [0.29, 0.717) is 11.5 Å². The van der Waals surface area contributed by atoms with Crippen LogP contribution in [0.1, 0.15) is 24.6 Å². The molecule has 0 aliphatic rings. The normalized spacial score (nSPS) is 11.4. The Labute approximate surface area is 137 Å². The molecular formula is C15H16ClF3N4. The minimum Gasteiger partial charge on any atom is -0.370 e. The highest BCUT2D eigenvalue weighted by Crippen LogP contribution is 2.36.